The van der Waals surface area contributed by atoms with Crippen LogP contribution in [-0.2, 0) is 11.3 Å². The number of carbonyl (C=O) groups is 1. The summed E-state index contributed by atoms with van der Waals surface area (Å²) in [6.07, 6.45) is 1.51. The van der Waals surface area contributed by atoms with E-state index in [-0.39, 0.29) is 12.5 Å². The molecule has 0 aliphatic rings. The third-order valence-corrected chi connectivity index (χ3v) is 3.30. The average Bonchev–Trinajstić information content (AvgIpc) is 3.11. The number of amides is 1. The molecule has 0 saturated heterocycles. The van der Waals surface area contributed by atoms with Crippen molar-refractivity contribution >= 4 is 12.1 Å². The van der Waals surface area contributed by atoms with Crippen LogP contribution < -0.4 is 10.2 Å². The molecule has 3 rings (SSSR count). The molecule has 0 radical (unpaired) electrons. The van der Waals surface area contributed by atoms with E-state index < -0.39 is 0 Å². The Labute approximate surface area is 144 Å². The molecular formula is C17H16N6O2. The van der Waals surface area contributed by atoms with Crippen molar-refractivity contribution in [3.63, 3.8) is 0 Å². The normalized spacial score (nSPS) is 10.8. The fourth-order valence-electron chi connectivity index (χ4n) is 2.12. The summed E-state index contributed by atoms with van der Waals surface area (Å²) in [6, 6.07) is 16.8. The average molecular weight is 336 g/mol. The SMILES string of the molecule is COc1ccccc1/C=N\NC(=O)Cn1nnc(-c2ccccc2)n1. The van der Waals surface area contributed by atoms with Gasteiger partial charge < -0.3 is 4.74 Å². The molecule has 1 N–H and O–H groups in total. The van der Waals surface area contributed by atoms with Gasteiger partial charge in [0.05, 0.1) is 13.3 Å². The number of carbonyl (C=O) groups excluding carboxylic acids is 1. The van der Waals surface area contributed by atoms with Crippen LogP contribution in [0, 0.1) is 0 Å². The molecule has 0 saturated carbocycles. The van der Waals surface area contributed by atoms with Gasteiger partial charge in [-0.05, 0) is 17.3 Å². The fourth-order valence-corrected chi connectivity index (χ4v) is 2.12. The van der Waals surface area contributed by atoms with Gasteiger partial charge in [0.25, 0.3) is 5.91 Å². The summed E-state index contributed by atoms with van der Waals surface area (Å²) < 4.78 is 5.21. The summed E-state index contributed by atoms with van der Waals surface area (Å²) in [4.78, 5) is 13.1. The molecule has 2 aromatic carbocycles. The van der Waals surface area contributed by atoms with Crippen molar-refractivity contribution in [2.45, 2.75) is 6.54 Å². The van der Waals surface area contributed by atoms with Crippen LogP contribution in [-0.4, -0.2) is 39.4 Å². The standard InChI is InChI=1S/C17H16N6O2/c1-25-15-10-6-5-9-14(15)11-18-19-16(24)12-23-21-17(20-22-23)13-7-3-2-4-8-13/h2-11H,12H2,1H3,(H,19,24)/b18-11-. The van der Waals surface area contributed by atoms with E-state index >= 15 is 0 Å². The lowest BCUT2D eigenvalue weighted by atomic mass is 10.2. The first-order chi connectivity index (χ1) is 12.3. The maximum atomic E-state index is 11.9. The molecule has 0 atom stereocenters. The van der Waals surface area contributed by atoms with Crippen molar-refractivity contribution in [2.24, 2.45) is 5.10 Å². The molecule has 0 unspecified atom stereocenters. The zero-order valence-corrected chi connectivity index (χ0v) is 13.5. The highest BCUT2D eigenvalue weighted by Crippen LogP contribution is 2.14. The molecule has 1 heterocycles. The molecule has 126 valence electrons. The van der Waals surface area contributed by atoms with E-state index in [9.17, 15) is 4.79 Å². The van der Waals surface area contributed by atoms with Crippen LogP contribution in [0.25, 0.3) is 11.4 Å². The first-order valence-electron chi connectivity index (χ1n) is 7.54. The molecule has 3 aromatic rings. The van der Waals surface area contributed by atoms with Gasteiger partial charge in [-0.1, -0.05) is 42.5 Å². The number of para-hydroxylation sites is 1. The Morgan fingerprint density at radius 1 is 1.20 bits per heavy atom. The molecule has 8 heteroatoms. The number of hydrazone groups is 1. The third-order valence-electron chi connectivity index (χ3n) is 3.30. The number of tetrazole rings is 1. The zero-order chi connectivity index (χ0) is 17.5. The number of hydrogen-bond donors (Lipinski definition) is 1. The topological polar surface area (TPSA) is 94.3 Å². The second-order valence-corrected chi connectivity index (χ2v) is 5.04. The largest absolute Gasteiger partial charge is 0.496 e. The zero-order valence-electron chi connectivity index (χ0n) is 13.5. The summed E-state index contributed by atoms with van der Waals surface area (Å²) in [5.74, 6) is 0.778. The van der Waals surface area contributed by atoms with Crippen LogP contribution in [0.5, 0.6) is 5.75 Å². The van der Waals surface area contributed by atoms with Gasteiger partial charge in [0.15, 0.2) is 0 Å². The van der Waals surface area contributed by atoms with Gasteiger partial charge in [-0.15, -0.1) is 10.2 Å². The molecule has 1 aromatic heterocycles. The molecule has 0 fully saturated rings. The summed E-state index contributed by atoms with van der Waals surface area (Å²) in [5.41, 5.74) is 4.02. The van der Waals surface area contributed by atoms with Crippen LogP contribution in [0.2, 0.25) is 0 Å². The van der Waals surface area contributed by atoms with Gasteiger partial charge in [0, 0.05) is 11.1 Å². The molecule has 0 spiro atoms. The predicted molar refractivity (Wildman–Crippen MR) is 92.0 cm³/mol. The maximum Gasteiger partial charge on any atom is 0.263 e. The lowest BCUT2D eigenvalue weighted by Gasteiger charge is -2.03. The fraction of sp³-hybridized carbons (Fsp3) is 0.118. The van der Waals surface area contributed by atoms with Crippen molar-refractivity contribution < 1.29 is 9.53 Å². The molecule has 0 aliphatic heterocycles. The van der Waals surface area contributed by atoms with E-state index in [2.05, 4.69) is 25.9 Å². The van der Waals surface area contributed by atoms with Crippen molar-refractivity contribution in [2.75, 3.05) is 7.11 Å². The quantitative estimate of drug-likeness (QED) is 0.544. The predicted octanol–water partition coefficient (Wildman–Crippen LogP) is 1.50. The number of benzene rings is 2. The summed E-state index contributed by atoms with van der Waals surface area (Å²) in [5, 5.41) is 15.9. The number of nitrogens with one attached hydrogen (secondary N) is 1. The summed E-state index contributed by atoms with van der Waals surface area (Å²) >= 11 is 0. The van der Waals surface area contributed by atoms with Crippen molar-refractivity contribution in [3.8, 4) is 17.1 Å². The Balaban J connectivity index is 1.58. The van der Waals surface area contributed by atoms with E-state index in [1.54, 1.807) is 7.11 Å². The van der Waals surface area contributed by atoms with E-state index in [0.717, 1.165) is 11.1 Å². The molecule has 0 aliphatic carbocycles. The van der Waals surface area contributed by atoms with E-state index in [4.69, 9.17) is 4.74 Å². The second kappa shape index (κ2) is 7.82. The molecule has 25 heavy (non-hydrogen) atoms. The van der Waals surface area contributed by atoms with Gasteiger partial charge in [-0.2, -0.15) is 9.90 Å². The monoisotopic (exact) mass is 336 g/mol. The minimum Gasteiger partial charge on any atom is -0.496 e. The van der Waals surface area contributed by atoms with Gasteiger partial charge in [-0.25, -0.2) is 5.43 Å². The Kier molecular flexibility index (Phi) is 5.10. The molecule has 1 amide bonds. The molecule has 8 nitrogen and oxygen atoms in total. The van der Waals surface area contributed by atoms with Crippen molar-refractivity contribution in [1.82, 2.24) is 25.6 Å². The number of hydrogen-bond acceptors (Lipinski definition) is 6. The van der Waals surface area contributed by atoms with Crippen LogP contribution >= 0.6 is 0 Å². The smallest absolute Gasteiger partial charge is 0.263 e. The first kappa shape index (κ1) is 16.3. The van der Waals surface area contributed by atoms with Gasteiger partial charge >= 0.3 is 0 Å². The van der Waals surface area contributed by atoms with Crippen molar-refractivity contribution in [1.29, 1.82) is 0 Å². The highest BCUT2D eigenvalue weighted by molar-refractivity contribution is 5.85. The van der Waals surface area contributed by atoms with Crippen molar-refractivity contribution in [3.05, 3.63) is 60.2 Å². The van der Waals surface area contributed by atoms with E-state index in [0.29, 0.717) is 11.6 Å². The highest BCUT2D eigenvalue weighted by atomic mass is 16.5. The Morgan fingerprint density at radius 3 is 2.76 bits per heavy atom. The molecular weight excluding hydrogens is 320 g/mol. The number of rotatable bonds is 6. The lowest BCUT2D eigenvalue weighted by molar-refractivity contribution is -0.122. The lowest BCUT2D eigenvalue weighted by Crippen LogP contribution is -2.24. The Morgan fingerprint density at radius 2 is 1.96 bits per heavy atom. The number of aromatic nitrogens is 4. The van der Waals surface area contributed by atoms with Gasteiger partial charge in [0.2, 0.25) is 5.82 Å². The number of ether oxygens (including phenoxy) is 1. The number of methoxy groups -OCH3 is 1. The summed E-state index contributed by atoms with van der Waals surface area (Å²) in [6.45, 7) is -0.0803. The maximum absolute atomic E-state index is 11.9. The van der Waals surface area contributed by atoms with E-state index in [1.807, 2.05) is 54.6 Å². The molecule has 0 bridgehead atoms. The van der Waals surface area contributed by atoms with Crippen LogP contribution in [0.1, 0.15) is 5.56 Å². The van der Waals surface area contributed by atoms with E-state index in [1.165, 1.54) is 11.0 Å². The Bertz CT molecular complexity index is 876. The third kappa shape index (κ3) is 4.25. The van der Waals surface area contributed by atoms with Crippen LogP contribution in [0.15, 0.2) is 59.7 Å². The second-order valence-electron chi connectivity index (χ2n) is 5.04. The van der Waals surface area contributed by atoms with Gasteiger partial charge in [-0.3, -0.25) is 4.79 Å². The Hall–Kier alpha value is -3.55. The van der Waals surface area contributed by atoms with Gasteiger partial charge in [0.1, 0.15) is 12.3 Å². The number of nitrogens with zero attached hydrogens (tertiary/aromatic N) is 5. The highest BCUT2D eigenvalue weighted by Gasteiger charge is 2.08. The van der Waals surface area contributed by atoms with Crippen LogP contribution in [0.4, 0.5) is 0 Å². The van der Waals surface area contributed by atoms with Crippen LogP contribution in [0.3, 0.4) is 0 Å². The first-order valence-corrected chi connectivity index (χ1v) is 7.54. The minimum atomic E-state index is -0.358. The minimum absolute atomic E-state index is 0.0803. The summed E-state index contributed by atoms with van der Waals surface area (Å²) in [7, 11) is 1.58.